The van der Waals surface area contributed by atoms with Crippen molar-refractivity contribution in [2.75, 3.05) is 6.16 Å². The molecule has 1 unspecified atom stereocenters. The summed E-state index contributed by atoms with van der Waals surface area (Å²) < 4.78 is 0. The summed E-state index contributed by atoms with van der Waals surface area (Å²) in [6.07, 6.45) is 4.12. The third-order valence-electron chi connectivity index (χ3n) is 4.49. The molecule has 1 heteroatoms. The normalized spacial score (nSPS) is 19.6. The number of hydrogen-bond acceptors (Lipinski definition) is 0. The zero-order chi connectivity index (χ0) is 12.3. The molecular formula is C17H18P+. The second kappa shape index (κ2) is 3.68. The fourth-order valence-electron chi connectivity index (χ4n) is 3.62. The van der Waals surface area contributed by atoms with Gasteiger partial charge in [0.25, 0.3) is 0 Å². The molecule has 1 atom stereocenters. The number of aryl methyl sites for hydroxylation is 2. The Labute approximate surface area is 110 Å². The lowest BCUT2D eigenvalue weighted by atomic mass is 9.97. The van der Waals surface area contributed by atoms with Gasteiger partial charge in [0, 0.05) is 11.1 Å². The molecule has 0 bridgehead atoms. The Kier molecular flexibility index (Phi) is 2.20. The van der Waals surface area contributed by atoms with Crippen LogP contribution in [0.4, 0.5) is 0 Å². The first kappa shape index (κ1) is 10.8. The van der Waals surface area contributed by atoms with Gasteiger partial charge in [-0.15, -0.1) is 0 Å². The van der Waals surface area contributed by atoms with Crippen molar-refractivity contribution in [2.24, 2.45) is 0 Å². The Balaban J connectivity index is 2.07. The molecular weight excluding hydrogens is 235 g/mol. The molecule has 0 saturated carbocycles. The van der Waals surface area contributed by atoms with E-state index in [2.05, 4.69) is 44.2 Å². The largest absolute Gasteiger partial charge is 0.108 e. The van der Waals surface area contributed by atoms with Crippen LogP contribution in [-0.2, 0) is 6.42 Å². The maximum absolute atomic E-state index is 2.45. The van der Waals surface area contributed by atoms with Crippen molar-refractivity contribution in [2.45, 2.75) is 26.7 Å². The van der Waals surface area contributed by atoms with E-state index in [4.69, 9.17) is 0 Å². The SMILES string of the molecule is Cc1ccc2c(c1)[PH+]1CCCc3c(C)ccc-2c31. The van der Waals surface area contributed by atoms with Crippen LogP contribution in [-0.4, -0.2) is 6.16 Å². The van der Waals surface area contributed by atoms with Gasteiger partial charge in [-0.25, -0.2) is 0 Å². The lowest BCUT2D eigenvalue weighted by Crippen LogP contribution is -2.19. The van der Waals surface area contributed by atoms with E-state index in [1.165, 1.54) is 35.7 Å². The first-order chi connectivity index (χ1) is 8.75. The van der Waals surface area contributed by atoms with E-state index in [9.17, 15) is 0 Å². The molecule has 0 radical (unpaired) electrons. The van der Waals surface area contributed by atoms with E-state index < -0.39 is 7.92 Å². The van der Waals surface area contributed by atoms with Crippen LogP contribution in [0.3, 0.4) is 0 Å². The summed E-state index contributed by atoms with van der Waals surface area (Å²) >= 11 is 0. The van der Waals surface area contributed by atoms with Crippen LogP contribution in [0.15, 0.2) is 30.3 Å². The number of hydrogen-bond donors (Lipinski definition) is 0. The van der Waals surface area contributed by atoms with Gasteiger partial charge >= 0.3 is 0 Å². The third-order valence-corrected chi connectivity index (χ3v) is 7.58. The van der Waals surface area contributed by atoms with Crippen LogP contribution >= 0.6 is 7.92 Å². The second-order valence-electron chi connectivity index (χ2n) is 5.66. The maximum Gasteiger partial charge on any atom is 0.108 e. The first-order valence-corrected chi connectivity index (χ1v) is 8.56. The van der Waals surface area contributed by atoms with Gasteiger partial charge in [-0.2, -0.15) is 0 Å². The molecule has 0 N–H and O–H groups in total. The van der Waals surface area contributed by atoms with E-state index in [0.717, 1.165) is 0 Å². The monoisotopic (exact) mass is 253 g/mol. The molecule has 18 heavy (non-hydrogen) atoms. The van der Waals surface area contributed by atoms with Crippen molar-refractivity contribution in [1.82, 2.24) is 0 Å². The topological polar surface area (TPSA) is 0 Å². The fourth-order valence-corrected chi connectivity index (χ4v) is 7.12. The molecule has 2 aromatic carbocycles. The molecule has 0 spiro atoms. The summed E-state index contributed by atoms with van der Waals surface area (Å²) in [5.74, 6) is 0. The average molecular weight is 253 g/mol. The molecule has 2 aliphatic rings. The summed E-state index contributed by atoms with van der Waals surface area (Å²) in [5, 5.41) is 3.44. The highest BCUT2D eigenvalue weighted by Crippen LogP contribution is 2.50. The Morgan fingerprint density at radius 2 is 1.83 bits per heavy atom. The minimum Gasteiger partial charge on any atom is -0.0584 e. The molecule has 0 amide bonds. The molecule has 0 fully saturated rings. The molecule has 0 nitrogen and oxygen atoms in total. The average Bonchev–Trinajstić information content (AvgIpc) is 2.69. The van der Waals surface area contributed by atoms with E-state index in [0.29, 0.717) is 0 Å². The van der Waals surface area contributed by atoms with Crippen molar-refractivity contribution in [3.63, 3.8) is 0 Å². The van der Waals surface area contributed by atoms with Gasteiger partial charge in [-0.05, 0) is 61.6 Å². The highest BCUT2D eigenvalue weighted by molar-refractivity contribution is 7.74. The fraction of sp³-hybridized carbons (Fsp3) is 0.294. The van der Waals surface area contributed by atoms with Crippen LogP contribution in [0.5, 0.6) is 0 Å². The highest BCUT2D eigenvalue weighted by Gasteiger charge is 2.40. The highest BCUT2D eigenvalue weighted by atomic mass is 31.1. The van der Waals surface area contributed by atoms with Crippen LogP contribution in [0, 0.1) is 13.8 Å². The summed E-state index contributed by atoms with van der Waals surface area (Å²) in [5.41, 5.74) is 7.71. The van der Waals surface area contributed by atoms with Crippen molar-refractivity contribution in [3.8, 4) is 11.1 Å². The summed E-state index contributed by atoms with van der Waals surface area (Å²) in [7, 11) is -0.453. The zero-order valence-electron chi connectivity index (χ0n) is 11.0. The minimum absolute atomic E-state index is 0.453. The Hall–Kier alpha value is -1.13. The molecule has 2 aromatic rings. The number of fused-ring (bicyclic) bond motifs is 3. The second-order valence-corrected chi connectivity index (χ2v) is 8.16. The summed E-state index contributed by atoms with van der Waals surface area (Å²) in [6, 6.07) is 11.8. The predicted molar refractivity (Wildman–Crippen MR) is 82.1 cm³/mol. The summed E-state index contributed by atoms with van der Waals surface area (Å²) in [4.78, 5) is 0. The van der Waals surface area contributed by atoms with E-state index >= 15 is 0 Å². The molecule has 90 valence electrons. The number of rotatable bonds is 0. The van der Waals surface area contributed by atoms with Crippen LogP contribution in [0.25, 0.3) is 11.1 Å². The van der Waals surface area contributed by atoms with Crippen molar-refractivity contribution < 1.29 is 0 Å². The number of benzene rings is 2. The molecule has 0 aromatic heterocycles. The lowest BCUT2D eigenvalue weighted by molar-refractivity contribution is 0.916. The van der Waals surface area contributed by atoms with Gasteiger partial charge in [0.1, 0.15) is 10.6 Å². The van der Waals surface area contributed by atoms with Crippen molar-refractivity contribution >= 4 is 18.5 Å². The van der Waals surface area contributed by atoms with E-state index in [1.807, 2.05) is 0 Å². The first-order valence-electron chi connectivity index (χ1n) is 6.86. The lowest BCUT2D eigenvalue weighted by Gasteiger charge is -2.18. The summed E-state index contributed by atoms with van der Waals surface area (Å²) in [6.45, 7) is 4.51. The molecule has 2 aliphatic heterocycles. The van der Waals surface area contributed by atoms with E-state index in [-0.39, 0.29) is 0 Å². The van der Waals surface area contributed by atoms with E-state index in [1.54, 1.807) is 21.7 Å². The van der Waals surface area contributed by atoms with Crippen LogP contribution < -0.4 is 10.6 Å². The molecule has 0 aliphatic carbocycles. The Morgan fingerprint density at radius 1 is 1.00 bits per heavy atom. The van der Waals surface area contributed by atoms with Crippen LogP contribution in [0.1, 0.15) is 23.1 Å². The predicted octanol–water partition coefficient (Wildman–Crippen LogP) is 3.40. The standard InChI is InChI=1S/C17H17P/c1-11-5-7-14-15-8-6-12(2)13-4-3-9-18(17(13)15)16(14)10-11/h5-8,10H,3-4,9H2,1-2H3/p+1. The van der Waals surface area contributed by atoms with Gasteiger partial charge in [0.2, 0.25) is 0 Å². The van der Waals surface area contributed by atoms with Crippen molar-refractivity contribution in [3.05, 3.63) is 47.0 Å². The Bertz CT molecular complexity index is 655. The maximum atomic E-state index is 2.45. The Morgan fingerprint density at radius 3 is 2.72 bits per heavy atom. The van der Waals surface area contributed by atoms with Gasteiger partial charge in [-0.3, -0.25) is 0 Å². The van der Waals surface area contributed by atoms with Crippen LogP contribution in [0.2, 0.25) is 0 Å². The van der Waals surface area contributed by atoms with Gasteiger partial charge in [-0.1, -0.05) is 12.1 Å². The van der Waals surface area contributed by atoms with Gasteiger partial charge < -0.3 is 0 Å². The quantitative estimate of drug-likeness (QED) is 0.631. The van der Waals surface area contributed by atoms with Gasteiger partial charge in [0.05, 0.1) is 14.1 Å². The molecule has 0 saturated heterocycles. The van der Waals surface area contributed by atoms with Gasteiger partial charge in [0.15, 0.2) is 0 Å². The third kappa shape index (κ3) is 1.30. The molecule has 4 rings (SSSR count). The zero-order valence-corrected chi connectivity index (χ0v) is 12.0. The minimum atomic E-state index is -0.453. The van der Waals surface area contributed by atoms with Crippen molar-refractivity contribution in [1.29, 1.82) is 0 Å². The molecule has 2 heterocycles. The smallest absolute Gasteiger partial charge is 0.0584 e.